The number of aromatic nitrogens is 3. The summed E-state index contributed by atoms with van der Waals surface area (Å²) in [5.74, 6) is 0.845. The van der Waals surface area contributed by atoms with Crippen molar-refractivity contribution in [3.63, 3.8) is 0 Å². The van der Waals surface area contributed by atoms with Gasteiger partial charge in [-0.05, 0) is 37.1 Å². The molecule has 1 aromatic carbocycles. The molecule has 1 N–H and O–H groups in total. The van der Waals surface area contributed by atoms with E-state index in [0.717, 1.165) is 24.1 Å². The molecule has 2 aromatic heterocycles. The highest BCUT2D eigenvalue weighted by molar-refractivity contribution is 6.33. The van der Waals surface area contributed by atoms with Crippen molar-refractivity contribution in [2.24, 2.45) is 0 Å². The summed E-state index contributed by atoms with van der Waals surface area (Å²) in [5, 5.41) is 10.5. The summed E-state index contributed by atoms with van der Waals surface area (Å²) in [5.41, 5.74) is 1.77. The predicted molar refractivity (Wildman–Crippen MR) is 148 cm³/mol. The van der Waals surface area contributed by atoms with Crippen LogP contribution in [0.4, 0.5) is 11.6 Å². The number of amides is 1. The Bertz CT molecular complexity index is 1370. The lowest BCUT2D eigenvalue weighted by atomic mass is 10.1. The summed E-state index contributed by atoms with van der Waals surface area (Å²) in [6, 6.07) is 9.47. The van der Waals surface area contributed by atoms with Gasteiger partial charge in [0.05, 0.1) is 22.7 Å². The van der Waals surface area contributed by atoms with Crippen LogP contribution in [0.5, 0.6) is 0 Å². The maximum absolute atomic E-state index is 13.7. The average molecular weight is 525 g/mol. The number of aryl methyl sites for hydroxylation is 1. The van der Waals surface area contributed by atoms with Crippen LogP contribution in [0.15, 0.2) is 47.8 Å². The molecule has 10 heteroatoms. The summed E-state index contributed by atoms with van der Waals surface area (Å²) in [6.07, 6.45) is 3.04. The number of likely N-dealkylation sites (N-methyl/N-ethyl adjacent to an activating group) is 1. The minimum absolute atomic E-state index is 0.0640. The number of fused-ring (bicyclic) bond motifs is 1. The number of anilines is 2. The molecule has 37 heavy (non-hydrogen) atoms. The van der Waals surface area contributed by atoms with Gasteiger partial charge in [-0.3, -0.25) is 4.79 Å². The third kappa shape index (κ3) is 5.19. The molecule has 0 bridgehead atoms. The Morgan fingerprint density at radius 2 is 2.05 bits per heavy atom. The van der Waals surface area contributed by atoms with Gasteiger partial charge in [-0.1, -0.05) is 49.7 Å². The molecular weight excluding hydrogens is 492 g/mol. The van der Waals surface area contributed by atoms with E-state index in [1.807, 2.05) is 36.1 Å². The van der Waals surface area contributed by atoms with E-state index in [4.69, 9.17) is 16.6 Å². The number of benzene rings is 1. The van der Waals surface area contributed by atoms with Gasteiger partial charge in [0.2, 0.25) is 5.91 Å². The van der Waals surface area contributed by atoms with Crippen LogP contribution in [0.2, 0.25) is 5.02 Å². The Hall–Kier alpha value is -3.43. The number of carbonyl (C=O) groups is 1. The molecule has 0 spiro atoms. The summed E-state index contributed by atoms with van der Waals surface area (Å²) >= 11 is 6.70. The van der Waals surface area contributed by atoms with Crippen LogP contribution >= 0.6 is 11.6 Å². The Kier molecular flexibility index (Phi) is 8.14. The first kappa shape index (κ1) is 26.6. The highest BCUT2D eigenvalue weighted by atomic mass is 35.5. The van der Waals surface area contributed by atoms with Crippen LogP contribution in [0.25, 0.3) is 16.7 Å². The standard InChI is InChI=1S/C27H33ClN6O3/c1-5-9-19-10-7-8-11-22(19)34-25-20(16-21(28)26(29-25)31(4)14-15-35)24(30-27(34)37)33-13-12-32(17-18(33)3)23(36)6-2/h6-8,10-11,16,18,35H,2,5,9,12-15,17H2,1,3-4H3/t18-/m0/s1. The van der Waals surface area contributed by atoms with Gasteiger partial charge in [0, 0.05) is 39.3 Å². The van der Waals surface area contributed by atoms with Crippen molar-refractivity contribution >= 4 is 40.2 Å². The first-order valence-corrected chi connectivity index (χ1v) is 12.9. The molecule has 0 aliphatic carbocycles. The Morgan fingerprint density at radius 3 is 2.73 bits per heavy atom. The topological polar surface area (TPSA) is 94.8 Å². The van der Waals surface area contributed by atoms with Crippen LogP contribution in [0.1, 0.15) is 25.8 Å². The van der Waals surface area contributed by atoms with Crippen molar-refractivity contribution in [1.82, 2.24) is 19.4 Å². The molecule has 3 heterocycles. The molecule has 1 atom stereocenters. The second-order valence-corrected chi connectivity index (χ2v) is 9.68. The summed E-state index contributed by atoms with van der Waals surface area (Å²) in [6.45, 7) is 9.42. The highest BCUT2D eigenvalue weighted by Crippen LogP contribution is 2.33. The smallest absolute Gasteiger partial charge is 0.355 e. The minimum atomic E-state index is -0.437. The predicted octanol–water partition coefficient (Wildman–Crippen LogP) is 3.04. The molecule has 1 fully saturated rings. The monoisotopic (exact) mass is 524 g/mol. The normalized spacial score (nSPS) is 15.8. The number of aliphatic hydroxyl groups excluding tert-OH is 1. The van der Waals surface area contributed by atoms with Crippen molar-refractivity contribution < 1.29 is 9.90 Å². The fourth-order valence-electron chi connectivity index (χ4n) is 4.87. The maximum atomic E-state index is 13.7. The Labute approximate surface area is 221 Å². The van der Waals surface area contributed by atoms with Gasteiger partial charge in [0.1, 0.15) is 11.6 Å². The van der Waals surface area contributed by atoms with Gasteiger partial charge in [0.15, 0.2) is 5.65 Å². The van der Waals surface area contributed by atoms with Crippen molar-refractivity contribution in [2.45, 2.75) is 32.7 Å². The fraction of sp³-hybridized carbons (Fsp3) is 0.407. The van der Waals surface area contributed by atoms with E-state index in [9.17, 15) is 14.7 Å². The van der Waals surface area contributed by atoms with Crippen LogP contribution in [-0.2, 0) is 11.2 Å². The lowest BCUT2D eigenvalue weighted by Gasteiger charge is -2.40. The molecule has 1 aliphatic rings. The first-order chi connectivity index (χ1) is 17.8. The second kappa shape index (κ2) is 11.3. The number of hydrogen-bond donors (Lipinski definition) is 1. The molecular formula is C27H33ClN6O3. The van der Waals surface area contributed by atoms with E-state index >= 15 is 0 Å². The van der Waals surface area contributed by atoms with E-state index in [1.165, 1.54) is 6.08 Å². The number of rotatable bonds is 8. The highest BCUT2D eigenvalue weighted by Gasteiger charge is 2.30. The zero-order chi connectivity index (χ0) is 26.7. The van der Waals surface area contributed by atoms with Gasteiger partial charge in [-0.25, -0.2) is 14.3 Å². The van der Waals surface area contributed by atoms with Crippen LogP contribution < -0.4 is 15.5 Å². The van der Waals surface area contributed by atoms with Gasteiger partial charge in [-0.2, -0.15) is 4.98 Å². The molecule has 0 radical (unpaired) electrons. The van der Waals surface area contributed by atoms with Crippen molar-refractivity contribution in [3.05, 3.63) is 64.1 Å². The molecule has 1 amide bonds. The Morgan fingerprint density at radius 1 is 1.30 bits per heavy atom. The zero-order valence-corrected chi connectivity index (χ0v) is 22.3. The molecule has 0 unspecified atom stereocenters. The first-order valence-electron chi connectivity index (χ1n) is 12.5. The van der Waals surface area contributed by atoms with Gasteiger partial charge in [0.25, 0.3) is 0 Å². The average Bonchev–Trinajstić information content (AvgIpc) is 2.88. The number of pyridine rings is 1. The van der Waals surface area contributed by atoms with E-state index in [-0.39, 0.29) is 18.6 Å². The number of piperazine rings is 1. The van der Waals surface area contributed by atoms with Crippen LogP contribution in [0.3, 0.4) is 0 Å². The molecule has 1 aliphatic heterocycles. The number of hydrogen-bond acceptors (Lipinski definition) is 7. The summed E-state index contributed by atoms with van der Waals surface area (Å²) < 4.78 is 1.55. The molecule has 196 valence electrons. The summed E-state index contributed by atoms with van der Waals surface area (Å²) in [7, 11) is 1.80. The van der Waals surface area contributed by atoms with E-state index in [2.05, 4.69) is 18.5 Å². The van der Waals surface area contributed by atoms with Crippen LogP contribution in [-0.4, -0.2) is 76.3 Å². The lowest BCUT2D eigenvalue weighted by Crippen LogP contribution is -2.54. The summed E-state index contributed by atoms with van der Waals surface area (Å²) in [4.78, 5) is 40.8. The molecule has 9 nitrogen and oxygen atoms in total. The largest absolute Gasteiger partial charge is 0.395 e. The molecule has 3 aromatic rings. The third-order valence-corrected chi connectivity index (χ3v) is 7.00. The van der Waals surface area contributed by atoms with Gasteiger partial charge < -0.3 is 19.8 Å². The third-order valence-electron chi connectivity index (χ3n) is 6.72. The van der Waals surface area contributed by atoms with Gasteiger partial charge in [-0.15, -0.1) is 0 Å². The number of halogens is 1. The van der Waals surface area contributed by atoms with E-state index < -0.39 is 5.69 Å². The quantitative estimate of drug-likeness (QED) is 0.452. The molecule has 0 saturated carbocycles. The number of carbonyl (C=O) groups excluding carboxylic acids is 1. The molecule has 4 rings (SSSR count). The zero-order valence-electron chi connectivity index (χ0n) is 21.5. The Balaban J connectivity index is 1.95. The minimum Gasteiger partial charge on any atom is -0.395 e. The lowest BCUT2D eigenvalue weighted by molar-refractivity contribution is -0.126. The van der Waals surface area contributed by atoms with Crippen LogP contribution in [0, 0.1) is 0 Å². The van der Waals surface area contributed by atoms with Crippen molar-refractivity contribution in [1.29, 1.82) is 0 Å². The SMILES string of the molecule is C=CC(=O)N1CCN(c2nc(=O)n(-c3ccccc3CCC)c3nc(N(C)CCO)c(Cl)cc23)[C@@H](C)C1. The fourth-order valence-corrected chi connectivity index (χ4v) is 5.16. The van der Waals surface area contributed by atoms with Crippen molar-refractivity contribution in [3.8, 4) is 5.69 Å². The maximum Gasteiger partial charge on any atom is 0.355 e. The van der Waals surface area contributed by atoms with Crippen molar-refractivity contribution in [2.75, 3.05) is 49.6 Å². The second-order valence-electron chi connectivity index (χ2n) is 9.27. The van der Waals surface area contributed by atoms with E-state index in [0.29, 0.717) is 53.9 Å². The number of nitrogens with zero attached hydrogens (tertiary/aromatic N) is 6. The van der Waals surface area contributed by atoms with Gasteiger partial charge >= 0.3 is 5.69 Å². The molecule has 1 saturated heterocycles. The number of aliphatic hydroxyl groups is 1. The van der Waals surface area contributed by atoms with E-state index in [1.54, 1.807) is 27.5 Å². The number of para-hydroxylation sites is 1.